The van der Waals surface area contributed by atoms with Crippen LogP contribution in [0, 0.1) is 5.92 Å². The van der Waals surface area contributed by atoms with Crippen molar-refractivity contribution >= 4 is 5.78 Å². The monoisotopic (exact) mass is 371 g/mol. The summed E-state index contributed by atoms with van der Waals surface area (Å²) in [4.78, 5) is 12.5. The summed E-state index contributed by atoms with van der Waals surface area (Å²) in [5.74, 6) is 2.39. The van der Waals surface area contributed by atoms with Crippen LogP contribution in [0.1, 0.15) is 34.3 Å². The average Bonchev–Trinajstić information content (AvgIpc) is 2.76. The van der Waals surface area contributed by atoms with Gasteiger partial charge in [0, 0.05) is 11.1 Å². The van der Waals surface area contributed by atoms with Crippen molar-refractivity contribution in [2.45, 2.75) is 19.3 Å². The Bertz CT molecular complexity index is 913. The molecule has 1 fully saturated rings. The van der Waals surface area contributed by atoms with E-state index in [0.717, 1.165) is 31.0 Å². The standard InChI is InChI=1S/C25H25NO2/c27-25(20-6-2-1-3-7-20)21-10-12-23(13-11-21)28-24-9-5-4-8-22(24)18-19-14-16-26-17-15-19/h1-13,19,26H,14-18H2. The fourth-order valence-corrected chi connectivity index (χ4v) is 3.73. The molecule has 3 aromatic rings. The summed E-state index contributed by atoms with van der Waals surface area (Å²) in [5.41, 5.74) is 2.61. The molecule has 1 N–H and O–H groups in total. The first kappa shape index (κ1) is 18.5. The lowest BCUT2D eigenvalue weighted by Gasteiger charge is -2.23. The summed E-state index contributed by atoms with van der Waals surface area (Å²) in [6.07, 6.45) is 3.47. The summed E-state index contributed by atoms with van der Waals surface area (Å²) in [6.45, 7) is 2.20. The van der Waals surface area contributed by atoms with Gasteiger partial charge in [-0.2, -0.15) is 0 Å². The zero-order valence-electron chi connectivity index (χ0n) is 15.9. The minimum Gasteiger partial charge on any atom is -0.457 e. The van der Waals surface area contributed by atoms with Gasteiger partial charge in [0.25, 0.3) is 0 Å². The minimum atomic E-state index is 0.0264. The number of hydrogen-bond donors (Lipinski definition) is 1. The van der Waals surface area contributed by atoms with Crippen LogP contribution in [0.4, 0.5) is 0 Å². The number of carbonyl (C=O) groups excluding carboxylic acids is 1. The second-order valence-corrected chi connectivity index (χ2v) is 7.33. The second-order valence-electron chi connectivity index (χ2n) is 7.33. The highest BCUT2D eigenvalue weighted by Gasteiger charge is 2.16. The van der Waals surface area contributed by atoms with Crippen molar-refractivity contribution in [1.82, 2.24) is 5.32 Å². The lowest BCUT2D eigenvalue weighted by Crippen LogP contribution is -2.28. The highest BCUT2D eigenvalue weighted by Crippen LogP contribution is 2.29. The second kappa shape index (κ2) is 8.85. The molecule has 3 nitrogen and oxygen atoms in total. The summed E-state index contributed by atoms with van der Waals surface area (Å²) in [5, 5.41) is 3.42. The number of piperidine rings is 1. The summed E-state index contributed by atoms with van der Waals surface area (Å²) < 4.78 is 6.16. The maximum Gasteiger partial charge on any atom is 0.193 e. The van der Waals surface area contributed by atoms with Crippen LogP contribution in [0.2, 0.25) is 0 Å². The predicted molar refractivity (Wildman–Crippen MR) is 112 cm³/mol. The predicted octanol–water partition coefficient (Wildman–Crippen LogP) is 5.25. The smallest absolute Gasteiger partial charge is 0.193 e. The molecule has 0 aliphatic carbocycles. The molecule has 1 heterocycles. The molecule has 0 aromatic heterocycles. The van der Waals surface area contributed by atoms with Crippen LogP contribution in [-0.4, -0.2) is 18.9 Å². The van der Waals surface area contributed by atoms with Crippen molar-refractivity contribution in [2.24, 2.45) is 5.92 Å². The van der Waals surface area contributed by atoms with E-state index in [1.807, 2.05) is 66.7 Å². The van der Waals surface area contributed by atoms with Gasteiger partial charge in [-0.25, -0.2) is 0 Å². The Morgan fingerprint density at radius 2 is 1.46 bits per heavy atom. The Balaban J connectivity index is 1.47. The van der Waals surface area contributed by atoms with Gasteiger partial charge in [-0.1, -0.05) is 48.5 Å². The van der Waals surface area contributed by atoms with Crippen molar-refractivity contribution in [3.63, 3.8) is 0 Å². The third-order valence-corrected chi connectivity index (χ3v) is 5.32. The first-order chi connectivity index (χ1) is 13.8. The summed E-state index contributed by atoms with van der Waals surface area (Å²) in [6, 6.07) is 25.0. The van der Waals surface area contributed by atoms with E-state index in [9.17, 15) is 4.79 Å². The number of rotatable bonds is 6. The van der Waals surface area contributed by atoms with Crippen LogP contribution in [0.25, 0.3) is 0 Å². The molecular formula is C25H25NO2. The van der Waals surface area contributed by atoms with Crippen molar-refractivity contribution in [3.05, 3.63) is 95.6 Å². The number of para-hydroxylation sites is 1. The van der Waals surface area contributed by atoms with Crippen molar-refractivity contribution in [1.29, 1.82) is 0 Å². The van der Waals surface area contributed by atoms with E-state index >= 15 is 0 Å². The average molecular weight is 371 g/mol. The largest absolute Gasteiger partial charge is 0.457 e. The minimum absolute atomic E-state index is 0.0264. The molecule has 1 saturated heterocycles. The fourth-order valence-electron chi connectivity index (χ4n) is 3.73. The van der Waals surface area contributed by atoms with Gasteiger partial charge < -0.3 is 10.1 Å². The van der Waals surface area contributed by atoms with Crippen LogP contribution in [0.3, 0.4) is 0 Å². The van der Waals surface area contributed by atoms with Gasteiger partial charge in [0.05, 0.1) is 0 Å². The first-order valence-electron chi connectivity index (χ1n) is 9.96. The van der Waals surface area contributed by atoms with Gasteiger partial charge in [-0.05, 0) is 74.2 Å². The number of ether oxygens (including phenoxy) is 1. The maximum atomic E-state index is 12.5. The molecule has 1 aliphatic rings. The van der Waals surface area contributed by atoms with Crippen molar-refractivity contribution in [2.75, 3.05) is 13.1 Å². The highest BCUT2D eigenvalue weighted by atomic mass is 16.5. The Labute approximate surface area is 166 Å². The van der Waals surface area contributed by atoms with E-state index in [2.05, 4.69) is 17.4 Å². The third kappa shape index (κ3) is 4.49. The normalized spacial score (nSPS) is 14.6. The van der Waals surface area contributed by atoms with Gasteiger partial charge in [0.15, 0.2) is 5.78 Å². The Morgan fingerprint density at radius 1 is 0.821 bits per heavy atom. The number of benzene rings is 3. The lowest BCUT2D eigenvalue weighted by molar-refractivity contribution is 0.103. The molecule has 1 aliphatic heterocycles. The van der Waals surface area contributed by atoms with E-state index in [-0.39, 0.29) is 5.78 Å². The molecule has 0 atom stereocenters. The van der Waals surface area contributed by atoms with Gasteiger partial charge in [-0.3, -0.25) is 4.79 Å². The molecule has 0 spiro atoms. The van der Waals surface area contributed by atoms with E-state index in [0.29, 0.717) is 17.0 Å². The molecule has 0 unspecified atom stereocenters. The SMILES string of the molecule is O=C(c1ccccc1)c1ccc(Oc2ccccc2CC2CCNCC2)cc1. The zero-order chi connectivity index (χ0) is 19.2. The van der Waals surface area contributed by atoms with Crippen LogP contribution < -0.4 is 10.1 Å². The molecule has 0 bridgehead atoms. The third-order valence-electron chi connectivity index (χ3n) is 5.32. The van der Waals surface area contributed by atoms with Crippen molar-refractivity contribution in [3.8, 4) is 11.5 Å². The molecule has 142 valence electrons. The Hall–Kier alpha value is -2.91. The lowest BCUT2D eigenvalue weighted by atomic mass is 9.90. The van der Waals surface area contributed by atoms with Crippen molar-refractivity contribution < 1.29 is 9.53 Å². The Kier molecular flexibility index (Phi) is 5.83. The molecule has 28 heavy (non-hydrogen) atoms. The molecule has 4 rings (SSSR count). The van der Waals surface area contributed by atoms with Gasteiger partial charge in [0.2, 0.25) is 0 Å². The summed E-state index contributed by atoms with van der Waals surface area (Å²) >= 11 is 0. The quantitative estimate of drug-likeness (QED) is 0.601. The summed E-state index contributed by atoms with van der Waals surface area (Å²) in [7, 11) is 0. The fraction of sp³-hybridized carbons (Fsp3) is 0.240. The topological polar surface area (TPSA) is 38.3 Å². The molecule has 0 saturated carbocycles. The Morgan fingerprint density at radius 3 is 2.21 bits per heavy atom. The molecule has 0 radical (unpaired) electrons. The molecule has 3 heteroatoms. The number of nitrogens with one attached hydrogen (secondary N) is 1. The number of carbonyl (C=O) groups is 1. The van der Waals surface area contributed by atoms with Crippen LogP contribution in [0.5, 0.6) is 11.5 Å². The van der Waals surface area contributed by atoms with E-state index < -0.39 is 0 Å². The first-order valence-corrected chi connectivity index (χ1v) is 9.96. The molecule has 0 amide bonds. The molecular weight excluding hydrogens is 346 g/mol. The van der Waals surface area contributed by atoms with Crippen LogP contribution in [-0.2, 0) is 6.42 Å². The number of hydrogen-bond acceptors (Lipinski definition) is 3. The van der Waals surface area contributed by atoms with Crippen LogP contribution in [0.15, 0.2) is 78.9 Å². The highest BCUT2D eigenvalue weighted by molar-refractivity contribution is 6.08. The van der Waals surface area contributed by atoms with E-state index in [1.165, 1.54) is 18.4 Å². The molecule has 3 aromatic carbocycles. The van der Waals surface area contributed by atoms with Gasteiger partial charge >= 0.3 is 0 Å². The van der Waals surface area contributed by atoms with Gasteiger partial charge in [0.1, 0.15) is 11.5 Å². The zero-order valence-corrected chi connectivity index (χ0v) is 15.9. The van der Waals surface area contributed by atoms with Gasteiger partial charge in [-0.15, -0.1) is 0 Å². The van der Waals surface area contributed by atoms with E-state index in [1.54, 1.807) is 0 Å². The number of ketones is 1. The van der Waals surface area contributed by atoms with Crippen LogP contribution >= 0.6 is 0 Å². The van der Waals surface area contributed by atoms with E-state index in [4.69, 9.17) is 4.74 Å². The maximum absolute atomic E-state index is 12.5.